The first kappa shape index (κ1) is 15.5. The maximum Gasteiger partial charge on any atom is 0.0631 e. The lowest BCUT2D eigenvalue weighted by molar-refractivity contribution is 0.0237. The second-order valence-electron chi connectivity index (χ2n) is 6.26. The average molecular weight is 275 g/mol. The molecule has 0 spiro atoms. The monoisotopic (exact) mass is 275 g/mol. The van der Waals surface area contributed by atoms with Gasteiger partial charge in [0.2, 0.25) is 0 Å². The van der Waals surface area contributed by atoms with Gasteiger partial charge in [-0.2, -0.15) is 0 Å². The van der Waals surface area contributed by atoms with E-state index in [1.807, 2.05) is 0 Å². The highest BCUT2D eigenvalue weighted by Gasteiger charge is 2.45. The third kappa shape index (κ3) is 3.42. The van der Waals surface area contributed by atoms with Gasteiger partial charge in [0.1, 0.15) is 0 Å². The summed E-state index contributed by atoms with van der Waals surface area (Å²) in [7, 11) is 0. The maximum absolute atomic E-state index is 5.94. The molecule has 0 radical (unpaired) electrons. The van der Waals surface area contributed by atoms with Crippen LogP contribution in [-0.2, 0) is 10.2 Å². The van der Waals surface area contributed by atoms with Crippen LogP contribution in [0.1, 0.15) is 52.0 Å². The van der Waals surface area contributed by atoms with E-state index in [2.05, 4.69) is 56.4 Å². The van der Waals surface area contributed by atoms with Crippen LogP contribution < -0.4 is 5.32 Å². The Kier molecular flexibility index (Phi) is 5.62. The molecule has 1 aromatic carbocycles. The molecule has 1 aliphatic rings. The summed E-state index contributed by atoms with van der Waals surface area (Å²) in [5.74, 6) is 0. The Morgan fingerprint density at radius 1 is 1.20 bits per heavy atom. The zero-order chi connectivity index (χ0) is 14.4. The molecule has 20 heavy (non-hydrogen) atoms. The first-order valence-corrected chi connectivity index (χ1v) is 8.09. The predicted octanol–water partition coefficient (Wildman–Crippen LogP) is 3.90. The molecule has 0 heterocycles. The largest absolute Gasteiger partial charge is 0.377 e. The van der Waals surface area contributed by atoms with E-state index in [1.54, 1.807) is 0 Å². The van der Waals surface area contributed by atoms with Gasteiger partial charge in [-0.05, 0) is 45.2 Å². The normalized spacial score (nSPS) is 18.8. The predicted molar refractivity (Wildman–Crippen MR) is 85.1 cm³/mol. The van der Waals surface area contributed by atoms with E-state index < -0.39 is 0 Å². The van der Waals surface area contributed by atoms with Gasteiger partial charge in [-0.1, -0.05) is 43.7 Å². The molecular weight excluding hydrogens is 246 g/mol. The third-order valence-corrected chi connectivity index (χ3v) is 4.50. The molecule has 1 atom stereocenters. The van der Waals surface area contributed by atoms with Crippen molar-refractivity contribution in [3.05, 3.63) is 35.9 Å². The van der Waals surface area contributed by atoms with E-state index in [0.717, 1.165) is 13.2 Å². The fourth-order valence-corrected chi connectivity index (χ4v) is 3.19. The Bertz CT molecular complexity index is 384. The van der Waals surface area contributed by atoms with Gasteiger partial charge in [0.25, 0.3) is 0 Å². The van der Waals surface area contributed by atoms with Crippen LogP contribution >= 0.6 is 0 Å². The molecule has 1 fully saturated rings. The first-order valence-electron chi connectivity index (χ1n) is 8.09. The lowest BCUT2D eigenvalue weighted by Crippen LogP contribution is -2.55. The van der Waals surface area contributed by atoms with Gasteiger partial charge in [0.15, 0.2) is 0 Å². The molecule has 1 saturated carbocycles. The number of hydrogen-bond acceptors (Lipinski definition) is 2. The Labute approximate surface area is 123 Å². The van der Waals surface area contributed by atoms with Crippen LogP contribution in [0, 0.1) is 0 Å². The molecule has 1 aromatic rings. The summed E-state index contributed by atoms with van der Waals surface area (Å²) < 4.78 is 5.94. The van der Waals surface area contributed by atoms with Crippen molar-refractivity contribution in [3.8, 4) is 0 Å². The van der Waals surface area contributed by atoms with Crippen LogP contribution in [0.15, 0.2) is 30.3 Å². The van der Waals surface area contributed by atoms with Gasteiger partial charge in [0, 0.05) is 11.5 Å². The van der Waals surface area contributed by atoms with Crippen molar-refractivity contribution < 1.29 is 4.74 Å². The van der Waals surface area contributed by atoms with Crippen molar-refractivity contribution in [1.82, 2.24) is 5.32 Å². The van der Waals surface area contributed by atoms with E-state index in [9.17, 15) is 0 Å². The smallest absolute Gasteiger partial charge is 0.0631 e. The highest BCUT2D eigenvalue weighted by atomic mass is 16.5. The molecule has 1 unspecified atom stereocenters. The molecular formula is C18H29NO. The zero-order valence-corrected chi connectivity index (χ0v) is 13.2. The lowest BCUT2D eigenvalue weighted by atomic mass is 9.60. The average Bonchev–Trinajstić information content (AvgIpc) is 2.41. The van der Waals surface area contributed by atoms with E-state index in [0.29, 0.717) is 12.1 Å². The summed E-state index contributed by atoms with van der Waals surface area (Å²) in [5, 5.41) is 3.74. The van der Waals surface area contributed by atoms with Gasteiger partial charge in [0.05, 0.1) is 12.7 Å². The van der Waals surface area contributed by atoms with E-state index in [4.69, 9.17) is 4.74 Å². The van der Waals surface area contributed by atoms with Crippen molar-refractivity contribution in [2.75, 3.05) is 13.2 Å². The minimum atomic E-state index is 0.283. The van der Waals surface area contributed by atoms with Crippen LogP contribution in [0.5, 0.6) is 0 Å². The number of hydrogen-bond donors (Lipinski definition) is 1. The molecule has 2 nitrogen and oxygen atoms in total. The van der Waals surface area contributed by atoms with Crippen molar-refractivity contribution in [3.63, 3.8) is 0 Å². The van der Waals surface area contributed by atoms with Crippen LogP contribution in [0.2, 0.25) is 0 Å². The lowest BCUT2D eigenvalue weighted by Gasteiger charge is -2.49. The summed E-state index contributed by atoms with van der Waals surface area (Å²) in [6, 6.07) is 11.4. The minimum absolute atomic E-state index is 0.283. The summed E-state index contributed by atoms with van der Waals surface area (Å²) in [6.07, 6.45) is 5.36. The van der Waals surface area contributed by atoms with Gasteiger partial charge in [-0.15, -0.1) is 0 Å². The van der Waals surface area contributed by atoms with E-state index in [-0.39, 0.29) is 5.41 Å². The highest BCUT2D eigenvalue weighted by Crippen LogP contribution is 2.46. The molecule has 1 N–H and O–H groups in total. The topological polar surface area (TPSA) is 21.3 Å². The number of benzene rings is 1. The number of nitrogens with one attached hydrogen (secondary N) is 1. The molecule has 2 rings (SSSR count). The summed E-state index contributed by atoms with van der Waals surface area (Å²) in [6.45, 7) is 8.34. The quantitative estimate of drug-likeness (QED) is 0.777. The van der Waals surface area contributed by atoms with E-state index >= 15 is 0 Å². The first-order chi connectivity index (χ1) is 9.69. The van der Waals surface area contributed by atoms with Crippen molar-refractivity contribution in [1.29, 1.82) is 0 Å². The van der Waals surface area contributed by atoms with Crippen molar-refractivity contribution in [2.45, 2.75) is 64.0 Å². The van der Waals surface area contributed by atoms with Crippen molar-refractivity contribution in [2.24, 2.45) is 0 Å². The standard InChI is InChI=1S/C18H29NO/c1-4-13-19-17(14-20-15(2)3)18(11-8-12-18)16-9-6-5-7-10-16/h5-7,9-10,15,17,19H,4,8,11-14H2,1-3H3. The Hall–Kier alpha value is -0.860. The fourth-order valence-electron chi connectivity index (χ4n) is 3.19. The van der Waals surface area contributed by atoms with E-state index in [1.165, 1.54) is 31.2 Å². The molecule has 1 aliphatic carbocycles. The molecule has 0 bridgehead atoms. The number of rotatable bonds is 8. The van der Waals surface area contributed by atoms with Gasteiger partial charge in [-0.3, -0.25) is 0 Å². The fraction of sp³-hybridized carbons (Fsp3) is 0.667. The molecule has 112 valence electrons. The van der Waals surface area contributed by atoms with Crippen molar-refractivity contribution >= 4 is 0 Å². The summed E-state index contributed by atoms with van der Waals surface area (Å²) >= 11 is 0. The maximum atomic E-state index is 5.94. The SMILES string of the molecule is CCCNC(COC(C)C)C1(c2ccccc2)CCC1. The summed E-state index contributed by atoms with van der Waals surface area (Å²) in [5.41, 5.74) is 1.76. The van der Waals surface area contributed by atoms with Crippen LogP contribution in [0.25, 0.3) is 0 Å². The molecule has 0 saturated heterocycles. The molecule has 0 aromatic heterocycles. The Morgan fingerprint density at radius 2 is 1.90 bits per heavy atom. The van der Waals surface area contributed by atoms with Crippen LogP contribution in [0.3, 0.4) is 0 Å². The molecule has 0 aliphatic heterocycles. The summed E-state index contributed by atoms with van der Waals surface area (Å²) in [4.78, 5) is 0. The zero-order valence-electron chi connectivity index (χ0n) is 13.2. The molecule has 0 amide bonds. The molecule has 2 heteroatoms. The van der Waals surface area contributed by atoms with Gasteiger partial charge >= 0.3 is 0 Å². The Balaban J connectivity index is 2.15. The van der Waals surface area contributed by atoms with Gasteiger partial charge < -0.3 is 10.1 Å². The second-order valence-corrected chi connectivity index (χ2v) is 6.26. The highest BCUT2D eigenvalue weighted by molar-refractivity contribution is 5.30. The third-order valence-electron chi connectivity index (χ3n) is 4.50. The minimum Gasteiger partial charge on any atom is -0.377 e. The number of ether oxygens (including phenoxy) is 1. The Morgan fingerprint density at radius 3 is 2.40 bits per heavy atom. The second kappa shape index (κ2) is 7.24. The van der Waals surface area contributed by atoms with Crippen LogP contribution in [0.4, 0.5) is 0 Å². The van der Waals surface area contributed by atoms with Crippen LogP contribution in [-0.4, -0.2) is 25.3 Å². The van der Waals surface area contributed by atoms with Gasteiger partial charge in [-0.25, -0.2) is 0 Å².